The molecule has 2 N–H and O–H groups in total. The number of nitriles is 1. The molecule has 0 unspecified atom stereocenters. The fourth-order valence-electron chi connectivity index (χ4n) is 2.82. The van der Waals surface area contributed by atoms with Crippen molar-refractivity contribution in [3.05, 3.63) is 54.1 Å². The van der Waals surface area contributed by atoms with Crippen LogP contribution >= 0.6 is 0 Å². The van der Waals surface area contributed by atoms with E-state index in [9.17, 15) is 5.26 Å². The van der Waals surface area contributed by atoms with Gasteiger partial charge in [0.2, 0.25) is 0 Å². The average Bonchev–Trinajstić information content (AvgIpc) is 2.72. The van der Waals surface area contributed by atoms with Crippen molar-refractivity contribution in [1.82, 2.24) is 4.98 Å². The third-order valence-corrected chi connectivity index (χ3v) is 4.24. The summed E-state index contributed by atoms with van der Waals surface area (Å²) in [5.74, 6) is 2.11. The van der Waals surface area contributed by atoms with Crippen LogP contribution in [0.1, 0.15) is 5.56 Å². The summed E-state index contributed by atoms with van der Waals surface area (Å²) in [6.07, 6.45) is 0. The van der Waals surface area contributed by atoms with Gasteiger partial charge >= 0.3 is 0 Å². The lowest BCUT2D eigenvalue weighted by atomic mass is 9.98. The molecule has 0 saturated carbocycles. The van der Waals surface area contributed by atoms with E-state index >= 15 is 0 Å². The molecule has 1 aromatic heterocycles. The van der Waals surface area contributed by atoms with Gasteiger partial charge in [0.1, 0.15) is 23.2 Å². The molecular weight excluding hydrogens is 342 g/mol. The van der Waals surface area contributed by atoms with Gasteiger partial charge in [-0.25, -0.2) is 4.98 Å². The molecule has 0 amide bonds. The fourth-order valence-corrected chi connectivity index (χ4v) is 2.82. The van der Waals surface area contributed by atoms with Gasteiger partial charge in [0.05, 0.1) is 27.0 Å². The lowest BCUT2D eigenvalue weighted by molar-refractivity contribution is 0.355. The number of rotatable bonds is 5. The van der Waals surface area contributed by atoms with Gasteiger partial charge in [-0.2, -0.15) is 5.26 Å². The van der Waals surface area contributed by atoms with E-state index in [1.54, 1.807) is 27.4 Å². The number of nitrogens with zero attached hydrogens (tertiary/aromatic N) is 2. The number of benzene rings is 2. The van der Waals surface area contributed by atoms with Crippen LogP contribution in [-0.4, -0.2) is 26.3 Å². The molecule has 0 bridgehead atoms. The topological polar surface area (TPSA) is 90.4 Å². The van der Waals surface area contributed by atoms with Crippen molar-refractivity contribution >= 4 is 5.82 Å². The van der Waals surface area contributed by atoms with Crippen LogP contribution in [0, 0.1) is 11.3 Å². The second-order valence-electron chi connectivity index (χ2n) is 5.73. The third kappa shape index (κ3) is 3.48. The molecule has 136 valence electrons. The van der Waals surface area contributed by atoms with E-state index < -0.39 is 0 Å². The van der Waals surface area contributed by atoms with E-state index in [0.717, 1.165) is 16.9 Å². The first-order valence-corrected chi connectivity index (χ1v) is 8.18. The molecule has 27 heavy (non-hydrogen) atoms. The molecule has 0 aliphatic carbocycles. The predicted molar refractivity (Wildman–Crippen MR) is 104 cm³/mol. The quantitative estimate of drug-likeness (QED) is 0.741. The second-order valence-corrected chi connectivity index (χ2v) is 5.73. The van der Waals surface area contributed by atoms with Crippen LogP contribution < -0.4 is 19.9 Å². The summed E-state index contributed by atoms with van der Waals surface area (Å²) in [4.78, 5) is 4.39. The highest BCUT2D eigenvalue weighted by atomic mass is 16.5. The minimum absolute atomic E-state index is 0.176. The second kappa shape index (κ2) is 7.67. The number of hydrogen-bond acceptors (Lipinski definition) is 6. The van der Waals surface area contributed by atoms with Gasteiger partial charge < -0.3 is 19.9 Å². The molecular formula is C21H19N3O3. The van der Waals surface area contributed by atoms with Crippen molar-refractivity contribution in [3.63, 3.8) is 0 Å². The van der Waals surface area contributed by atoms with Gasteiger partial charge in [-0.1, -0.05) is 6.07 Å². The van der Waals surface area contributed by atoms with E-state index in [-0.39, 0.29) is 5.82 Å². The number of nitrogens with two attached hydrogens (primary N) is 1. The van der Waals surface area contributed by atoms with Gasteiger partial charge in [-0.15, -0.1) is 0 Å². The van der Waals surface area contributed by atoms with Crippen molar-refractivity contribution < 1.29 is 14.2 Å². The standard InChI is InChI=1S/C21H19N3O3/c1-25-15-7-4-13(5-8-15)18-11-16(17(12-22)21(23)24-18)14-6-9-19(26-2)20(10-14)27-3/h4-11H,1-3H3,(H2,23,24). The Bertz CT molecular complexity index is 1010. The Morgan fingerprint density at radius 3 is 2.11 bits per heavy atom. The highest BCUT2D eigenvalue weighted by Gasteiger charge is 2.15. The van der Waals surface area contributed by atoms with Crippen molar-refractivity contribution in [1.29, 1.82) is 5.26 Å². The van der Waals surface area contributed by atoms with Gasteiger partial charge in [-0.05, 0) is 48.0 Å². The van der Waals surface area contributed by atoms with Crippen LogP contribution in [0.5, 0.6) is 17.2 Å². The van der Waals surface area contributed by atoms with E-state index in [0.29, 0.717) is 28.3 Å². The Morgan fingerprint density at radius 1 is 0.852 bits per heavy atom. The molecule has 0 aliphatic rings. The zero-order valence-electron chi connectivity index (χ0n) is 15.3. The number of aromatic nitrogens is 1. The largest absolute Gasteiger partial charge is 0.497 e. The average molecular weight is 361 g/mol. The first-order chi connectivity index (χ1) is 13.1. The Morgan fingerprint density at radius 2 is 1.52 bits per heavy atom. The first kappa shape index (κ1) is 18.1. The van der Waals surface area contributed by atoms with Gasteiger partial charge in [0, 0.05) is 11.1 Å². The first-order valence-electron chi connectivity index (χ1n) is 8.18. The maximum atomic E-state index is 9.58. The van der Waals surface area contributed by atoms with Crippen LogP contribution in [0.3, 0.4) is 0 Å². The van der Waals surface area contributed by atoms with E-state index in [1.165, 1.54) is 0 Å². The summed E-state index contributed by atoms with van der Waals surface area (Å²) in [5.41, 5.74) is 9.39. The maximum absolute atomic E-state index is 9.58. The number of pyridine rings is 1. The molecule has 0 radical (unpaired) electrons. The highest BCUT2D eigenvalue weighted by Crippen LogP contribution is 2.36. The van der Waals surface area contributed by atoms with Crippen LogP contribution in [0.2, 0.25) is 0 Å². The number of nitrogen functional groups attached to an aromatic ring is 1. The van der Waals surface area contributed by atoms with E-state index in [4.69, 9.17) is 19.9 Å². The summed E-state index contributed by atoms with van der Waals surface area (Å²) in [6.45, 7) is 0. The summed E-state index contributed by atoms with van der Waals surface area (Å²) in [6, 6.07) is 16.9. The zero-order valence-corrected chi connectivity index (χ0v) is 15.3. The lowest BCUT2D eigenvalue weighted by Crippen LogP contribution is -2.00. The molecule has 3 aromatic rings. The van der Waals surface area contributed by atoms with Crippen molar-refractivity contribution in [2.45, 2.75) is 0 Å². The molecule has 6 heteroatoms. The number of ether oxygens (including phenoxy) is 3. The van der Waals surface area contributed by atoms with Crippen LogP contribution in [0.15, 0.2) is 48.5 Å². The molecule has 3 rings (SSSR count). The number of hydrogen-bond donors (Lipinski definition) is 1. The molecule has 6 nitrogen and oxygen atoms in total. The van der Waals surface area contributed by atoms with Crippen LogP contribution in [-0.2, 0) is 0 Å². The summed E-state index contributed by atoms with van der Waals surface area (Å²) in [5, 5.41) is 9.58. The highest BCUT2D eigenvalue weighted by molar-refractivity contribution is 5.81. The molecule has 2 aromatic carbocycles. The Kier molecular flexibility index (Phi) is 5.13. The van der Waals surface area contributed by atoms with Gasteiger partial charge in [-0.3, -0.25) is 0 Å². The lowest BCUT2D eigenvalue weighted by Gasteiger charge is -2.13. The molecule has 1 heterocycles. The Labute approximate surface area is 157 Å². The minimum atomic E-state index is 0.176. The summed E-state index contributed by atoms with van der Waals surface area (Å²) in [7, 11) is 4.75. The molecule has 0 fully saturated rings. The van der Waals surface area contributed by atoms with Crippen molar-refractivity contribution in [2.24, 2.45) is 0 Å². The maximum Gasteiger partial charge on any atom is 0.161 e. The fraction of sp³-hybridized carbons (Fsp3) is 0.143. The summed E-state index contributed by atoms with van der Waals surface area (Å²) >= 11 is 0. The normalized spacial score (nSPS) is 10.1. The molecule has 0 atom stereocenters. The van der Waals surface area contributed by atoms with Gasteiger partial charge in [0.15, 0.2) is 11.5 Å². The predicted octanol–water partition coefficient (Wildman–Crippen LogP) is 3.90. The molecule has 0 spiro atoms. The SMILES string of the molecule is COc1ccc(-c2cc(-c3ccc(OC)c(OC)c3)c(C#N)c(N)n2)cc1. The van der Waals surface area contributed by atoms with E-state index in [2.05, 4.69) is 11.1 Å². The monoisotopic (exact) mass is 361 g/mol. The van der Waals surface area contributed by atoms with Gasteiger partial charge in [0.25, 0.3) is 0 Å². The van der Waals surface area contributed by atoms with E-state index in [1.807, 2.05) is 42.5 Å². The van der Waals surface area contributed by atoms with Crippen molar-refractivity contribution in [2.75, 3.05) is 27.1 Å². The summed E-state index contributed by atoms with van der Waals surface area (Å²) < 4.78 is 15.8. The molecule has 0 aliphatic heterocycles. The Hall–Kier alpha value is -3.72. The number of methoxy groups -OCH3 is 3. The smallest absolute Gasteiger partial charge is 0.161 e. The van der Waals surface area contributed by atoms with Crippen LogP contribution in [0.25, 0.3) is 22.4 Å². The third-order valence-electron chi connectivity index (χ3n) is 4.24. The number of anilines is 1. The Balaban J connectivity index is 2.17. The van der Waals surface area contributed by atoms with Crippen LogP contribution in [0.4, 0.5) is 5.82 Å². The van der Waals surface area contributed by atoms with Crippen molar-refractivity contribution in [3.8, 4) is 45.7 Å². The molecule has 0 saturated heterocycles. The zero-order chi connectivity index (χ0) is 19.4. The minimum Gasteiger partial charge on any atom is -0.497 e.